The number of hydrogen-bond donors (Lipinski definition) is 1. The van der Waals surface area contributed by atoms with E-state index in [-0.39, 0.29) is 0 Å². The minimum Gasteiger partial charge on any atom is -0.334 e. The number of nitrogens with zero attached hydrogens (tertiary/aromatic N) is 3. The van der Waals surface area contributed by atoms with Crippen molar-refractivity contribution in [3.05, 3.63) is 18.2 Å². The topological polar surface area (TPSA) is 53.6 Å². The fraction of sp³-hybridized carbons (Fsp3) is 0.556. The Hall–Kier alpha value is -1.34. The Balaban J connectivity index is 2.32. The molecule has 1 aromatic heterocycles. The lowest BCUT2D eigenvalue weighted by Gasteiger charge is -2.04. The molecule has 13 heavy (non-hydrogen) atoms. The molecule has 70 valence electrons. The van der Waals surface area contributed by atoms with Crippen LogP contribution in [0.15, 0.2) is 12.4 Å². The molecule has 4 heteroatoms. The van der Waals surface area contributed by atoms with Gasteiger partial charge in [-0.15, -0.1) is 0 Å². The largest absolute Gasteiger partial charge is 0.334 e. The number of aromatic nitrogens is 2. The van der Waals surface area contributed by atoms with Gasteiger partial charge in [0.1, 0.15) is 5.82 Å². The first-order valence-corrected chi connectivity index (χ1v) is 4.46. The molecule has 0 atom stereocenters. The molecule has 1 rings (SSSR count). The van der Waals surface area contributed by atoms with E-state index in [4.69, 9.17) is 5.26 Å². The summed E-state index contributed by atoms with van der Waals surface area (Å²) >= 11 is 0. The molecule has 0 aromatic carbocycles. The second-order valence-electron chi connectivity index (χ2n) is 2.71. The van der Waals surface area contributed by atoms with E-state index in [1.807, 2.05) is 6.20 Å². The maximum atomic E-state index is 8.31. The first-order valence-electron chi connectivity index (χ1n) is 4.46. The van der Waals surface area contributed by atoms with Crippen LogP contribution in [0.4, 0.5) is 0 Å². The maximum Gasteiger partial charge on any atom is 0.122 e. The van der Waals surface area contributed by atoms with Crippen LogP contribution in [0.2, 0.25) is 0 Å². The molecule has 1 N–H and O–H groups in total. The summed E-state index contributed by atoms with van der Waals surface area (Å²) in [4.78, 5) is 4.20. The maximum absolute atomic E-state index is 8.31. The van der Waals surface area contributed by atoms with E-state index < -0.39 is 0 Å². The molecule has 1 aromatic rings. The van der Waals surface area contributed by atoms with E-state index in [2.05, 4.69) is 27.9 Å². The van der Waals surface area contributed by atoms with Crippen molar-refractivity contribution in [3.63, 3.8) is 0 Å². The van der Waals surface area contributed by atoms with Gasteiger partial charge in [-0.2, -0.15) is 5.26 Å². The Morgan fingerprint density at radius 1 is 1.69 bits per heavy atom. The van der Waals surface area contributed by atoms with Gasteiger partial charge in [0.2, 0.25) is 0 Å². The van der Waals surface area contributed by atoms with Crippen molar-refractivity contribution in [1.29, 1.82) is 5.26 Å². The Bertz CT molecular complexity index is 284. The van der Waals surface area contributed by atoms with Crippen LogP contribution in [0.3, 0.4) is 0 Å². The minimum absolute atomic E-state index is 0.548. The van der Waals surface area contributed by atoms with Gasteiger partial charge in [-0.05, 0) is 6.92 Å². The molecule has 0 spiro atoms. The molecule has 0 amide bonds. The molecule has 0 aliphatic rings. The van der Waals surface area contributed by atoms with Crippen molar-refractivity contribution in [1.82, 2.24) is 14.9 Å². The highest BCUT2D eigenvalue weighted by molar-refractivity contribution is 4.91. The molecule has 1 heterocycles. The lowest BCUT2D eigenvalue weighted by atomic mass is 10.4. The Kier molecular flexibility index (Phi) is 4.00. The zero-order valence-electron chi connectivity index (χ0n) is 7.82. The Morgan fingerprint density at radius 3 is 3.23 bits per heavy atom. The highest BCUT2D eigenvalue weighted by atomic mass is 15.1. The van der Waals surface area contributed by atoms with Crippen LogP contribution >= 0.6 is 0 Å². The SMILES string of the molecule is CCn1ccnc1CNCCC#N. The van der Waals surface area contributed by atoms with Gasteiger partial charge in [-0.3, -0.25) is 0 Å². The molecule has 0 aliphatic heterocycles. The highest BCUT2D eigenvalue weighted by Crippen LogP contribution is 1.96. The molecular weight excluding hydrogens is 164 g/mol. The van der Waals surface area contributed by atoms with Crippen LogP contribution in [0.1, 0.15) is 19.2 Å². The van der Waals surface area contributed by atoms with Crippen molar-refractivity contribution in [3.8, 4) is 6.07 Å². The van der Waals surface area contributed by atoms with Crippen molar-refractivity contribution >= 4 is 0 Å². The normalized spacial score (nSPS) is 9.85. The van der Waals surface area contributed by atoms with Crippen LogP contribution in [0.25, 0.3) is 0 Å². The molecule has 0 aliphatic carbocycles. The number of nitriles is 1. The molecule has 0 radical (unpaired) electrons. The van der Waals surface area contributed by atoms with Gasteiger partial charge in [-0.25, -0.2) is 4.98 Å². The quantitative estimate of drug-likeness (QED) is 0.682. The van der Waals surface area contributed by atoms with Gasteiger partial charge in [0.15, 0.2) is 0 Å². The summed E-state index contributed by atoms with van der Waals surface area (Å²) in [6.07, 6.45) is 4.30. The van der Waals surface area contributed by atoms with E-state index in [0.29, 0.717) is 6.42 Å². The highest BCUT2D eigenvalue weighted by Gasteiger charge is 1.98. The van der Waals surface area contributed by atoms with Crippen LogP contribution < -0.4 is 5.32 Å². The lowest BCUT2D eigenvalue weighted by molar-refractivity contribution is 0.618. The summed E-state index contributed by atoms with van der Waals surface area (Å²) in [6.45, 7) is 4.49. The van der Waals surface area contributed by atoms with E-state index in [1.165, 1.54) is 0 Å². The minimum atomic E-state index is 0.548. The van der Waals surface area contributed by atoms with Gasteiger partial charge in [0.05, 0.1) is 12.6 Å². The third kappa shape index (κ3) is 2.88. The fourth-order valence-electron chi connectivity index (χ4n) is 1.14. The molecule has 4 nitrogen and oxygen atoms in total. The summed E-state index contributed by atoms with van der Waals surface area (Å²) < 4.78 is 2.08. The Morgan fingerprint density at radius 2 is 2.54 bits per heavy atom. The molecule has 0 fully saturated rings. The number of nitrogens with one attached hydrogen (secondary N) is 1. The second-order valence-corrected chi connectivity index (χ2v) is 2.71. The number of aryl methyl sites for hydroxylation is 1. The molecule has 0 saturated carbocycles. The van der Waals surface area contributed by atoms with Crippen LogP contribution in [0.5, 0.6) is 0 Å². The third-order valence-corrected chi connectivity index (χ3v) is 1.84. The van der Waals surface area contributed by atoms with Crippen LogP contribution in [-0.2, 0) is 13.1 Å². The predicted octanol–water partition coefficient (Wildman–Crippen LogP) is 0.906. The number of rotatable bonds is 5. The van der Waals surface area contributed by atoms with Gasteiger partial charge in [0.25, 0.3) is 0 Å². The van der Waals surface area contributed by atoms with Gasteiger partial charge < -0.3 is 9.88 Å². The fourth-order valence-corrected chi connectivity index (χ4v) is 1.14. The van der Waals surface area contributed by atoms with E-state index >= 15 is 0 Å². The molecular formula is C9H14N4. The summed E-state index contributed by atoms with van der Waals surface area (Å²) in [7, 11) is 0. The van der Waals surface area contributed by atoms with Gasteiger partial charge >= 0.3 is 0 Å². The summed E-state index contributed by atoms with van der Waals surface area (Å²) in [5, 5.41) is 11.5. The first-order chi connectivity index (χ1) is 6.38. The molecule has 0 bridgehead atoms. The van der Waals surface area contributed by atoms with Crippen molar-refractivity contribution in [2.75, 3.05) is 6.54 Å². The predicted molar refractivity (Wildman–Crippen MR) is 49.8 cm³/mol. The number of imidazole rings is 1. The van der Waals surface area contributed by atoms with Gasteiger partial charge in [-0.1, -0.05) is 0 Å². The average molecular weight is 178 g/mol. The zero-order chi connectivity index (χ0) is 9.52. The van der Waals surface area contributed by atoms with Crippen molar-refractivity contribution in [2.45, 2.75) is 26.4 Å². The average Bonchev–Trinajstić information content (AvgIpc) is 2.60. The summed E-state index contributed by atoms with van der Waals surface area (Å²) in [5.74, 6) is 1.03. The summed E-state index contributed by atoms with van der Waals surface area (Å²) in [6, 6.07) is 2.09. The second kappa shape index (κ2) is 5.33. The van der Waals surface area contributed by atoms with E-state index in [0.717, 1.165) is 25.5 Å². The Labute approximate surface area is 78.2 Å². The molecule has 0 saturated heterocycles. The first kappa shape index (κ1) is 9.75. The smallest absolute Gasteiger partial charge is 0.122 e. The number of hydrogen-bond acceptors (Lipinski definition) is 3. The van der Waals surface area contributed by atoms with Crippen molar-refractivity contribution in [2.24, 2.45) is 0 Å². The summed E-state index contributed by atoms with van der Waals surface area (Å²) in [5.41, 5.74) is 0. The molecule has 0 unspecified atom stereocenters. The van der Waals surface area contributed by atoms with Crippen LogP contribution in [0, 0.1) is 11.3 Å². The van der Waals surface area contributed by atoms with E-state index in [9.17, 15) is 0 Å². The third-order valence-electron chi connectivity index (χ3n) is 1.84. The monoisotopic (exact) mass is 178 g/mol. The standard InChI is InChI=1S/C9H14N4/c1-2-13-7-6-12-9(13)8-11-5-3-4-10/h6-7,11H,2-3,5,8H2,1H3. The van der Waals surface area contributed by atoms with E-state index in [1.54, 1.807) is 6.20 Å². The zero-order valence-corrected chi connectivity index (χ0v) is 7.82. The van der Waals surface area contributed by atoms with Crippen LogP contribution in [-0.4, -0.2) is 16.1 Å². The van der Waals surface area contributed by atoms with Crippen molar-refractivity contribution < 1.29 is 0 Å². The lowest BCUT2D eigenvalue weighted by Crippen LogP contribution is -2.17. The van der Waals surface area contributed by atoms with Gasteiger partial charge in [0, 0.05) is 31.9 Å².